The minimum absolute atomic E-state index is 0.546. The second-order valence-corrected chi connectivity index (χ2v) is 4.29. The molecule has 0 aliphatic rings. The lowest BCUT2D eigenvalue weighted by atomic mass is 10.2. The van der Waals surface area contributed by atoms with Crippen molar-refractivity contribution >= 4 is 0 Å². The molecule has 0 aromatic heterocycles. The monoisotopic (exact) mass is 266 g/mol. The molecule has 0 bridgehead atoms. The number of hydrogen-bond donors (Lipinski definition) is 0. The fourth-order valence-corrected chi connectivity index (χ4v) is 1.79. The molecule has 102 valence electrons. The number of methoxy groups -OCH3 is 1. The maximum Gasteiger partial charge on any atom is 0.138 e. The van der Waals surface area contributed by atoms with Crippen molar-refractivity contribution in [3.63, 3.8) is 0 Å². The molecule has 2 rings (SSSR count). The molecule has 0 fully saturated rings. The molecule has 2 aromatic carbocycles. The first-order chi connectivity index (χ1) is 9.83. The van der Waals surface area contributed by atoms with E-state index in [1.807, 2.05) is 55.5 Å². The lowest BCUT2D eigenvalue weighted by Crippen LogP contribution is -1.96. The zero-order valence-corrected chi connectivity index (χ0v) is 11.8. The molecule has 2 nitrogen and oxygen atoms in total. The Morgan fingerprint density at radius 1 is 1.05 bits per heavy atom. The van der Waals surface area contributed by atoms with Gasteiger partial charge in [-0.25, -0.2) is 0 Å². The topological polar surface area (TPSA) is 18.5 Å². The molecule has 20 heavy (non-hydrogen) atoms. The third-order valence-corrected chi connectivity index (χ3v) is 2.82. The summed E-state index contributed by atoms with van der Waals surface area (Å²) in [5.41, 5.74) is 2.03. The van der Waals surface area contributed by atoms with Gasteiger partial charge in [0.15, 0.2) is 0 Å². The van der Waals surface area contributed by atoms with E-state index in [1.165, 1.54) is 0 Å². The molecule has 0 heterocycles. The van der Waals surface area contributed by atoms with E-state index in [0.717, 1.165) is 29.0 Å². The molecule has 0 N–H and O–H groups in total. The van der Waals surface area contributed by atoms with E-state index >= 15 is 0 Å². The van der Waals surface area contributed by atoms with Crippen molar-refractivity contribution in [2.24, 2.45) is 0 Å². The maximum atomic E-state index is 5.77. The largest absolute Gasteiger partial charge is 0.495 e. The SMILES string of the molecule is CCC#Cc1ccc(OCc2ccccc2)cc1OC. The van der Waals surface area contributed by atoms with E-state index in [4.69, 9.17) is 9.47 Å². The van der Waals surface area contributed by atoms with Crippen LogP contribution in [0.4, 0.5) is 0 Å². The van der Waals surface area contributed by atoms with E-state index in [2.05, 4.69) is 11.8 Å². The van der Waals surface area contributed by atoms with E-state index in [1.54, 1.807) is 7.11 Å². The highest BCUT2D eigenvalue weighted by Crippen LogP contribution is 2.24. The van der Waals surface area contributed by atoms with E-state index in [-0.39, 0.29) is 0 Å². The van der Waals surface area contributed by atoms with E-state index in [9.17, 15) is 0 Å². The molecule has 2 aromatic rings. The highest BCUT2D eigenvalue weighted by molar-refractivity contribution is 5.49. The standard InChI is InChI=1S/C18H18O2/c1-3-4-10-16-11-12-17(13-18(16)19-2)20-14-15-8-6-5-7-9-15/h5-9,11-13H,3,14H2,1-2H3. The highest BCUT2D eigenvalue weighted by Gasteiger charge is 2.03. The van der Waals surface area contributed by atoms with Crippen LogP contribution in [0.25, 0.3) is 0 Å². The molecule has 0 radical (unpaired) electrons. The highest BCUT2D eigenvalue weighted by atomic mass is 16.5. The summed E-state index contributed by atoms with van der Waals surface area (Å²) < 4.78 is 11.1. The molecule has 0 unspecified atom stereocenters. The second kappa shape index (κ2) is 7.25. The molecule has 2 heteroatoms. The molecule has 0 aliphatic carbocycles. The molecule has 0 aliphatic heterocycles. The summed E-state index contributed by atoms with van der Waals surface area (Å²) in [6.45, 7) is 2.57. The Labute approximate surface area is 120 Å². The normalized spacial score (nSPS) is 9.50. The summed E-state index contributed by atoms with van der Waals surface area (Å²) in [5, 5.41) is 0. The van der Waals surface area contributed by atoms with Gasteiger partial charge in [0.1, 0.15) is 18.1 Å². The first-order valence-electron chi connectivity index (χ1n) is 6.67. The summed E-state index contributed by atoms with van der Waals surface area (Å²) >= 11 is 0. The molecule has 0 spiro atoms. The smallest absolute Gasteiger partial charge is 0.138 e. The number of hydrogen-bond acceptors (Lipinski definition) is 2. The van der Waals surface area contributed by atoms with Gasteiger partial charge in [-0.05, 0) is 17.7 Å². The van der Waals surface area contributed by atoms with Gasteiger partial charge in [-0.3, -0.25) is 0 Å². The molecule has 0 amide bonds. The van der Waals surface area contributed by atoms with Gasteiger partial charge >= 0.3 is 0 Å². The number of rotatable bonds is 4. The van der Waals surface area contributed by atoms with Crippen LogP contribution in [0.2, 0.25) is 0 Å². The lowest BCUT2D eigenvalue weighted by Gasteiger charge is -2.09. The fraction of sp³-hybridized carbons (Fsp3) is 0.222. The Morgan fingerprint density at radius 2 is 1.85 bits per heavy atom. The van der Waals surface area contributed by atoms with Crippen molar-refractivity contribution in [3.8, 4) is 23.3 Å². The Morgan fingerprint density at radius 3 is 2.55 bits per heavy atom. The van der Waals surface area contributed by atoms with Crippen LogP contribution in [0, 0.1) is 11.8 Å². The summed E-state index contributed by atoms with van der Waals surface area (Å²) in [4.78, 5) is 0. The Kier molecular flexibility index (Phi) is 5.08. The Hall–Kier alpha value is -2.40. The quantitative estimate of drug-likeness (QED) is 0.778. The summed E-state index contributed by atoms with van der Waals surface area (Å²) in [5.74, 6) is 7.66. The third kappa shape index (κ3) is 3.80. The summed E-state index contributed by atoms with van der Waals surface area (Å²) in [6, 6.07) is 15.8. The molecular formula is C18H18O2. The zero-order valence-electron chi connectivity index (χ0n) is 11.8. The van der Waals surface area contributed by atoms with Crippen LogP contribution in [-0.2, 0) is 6.61 Å². The molecule has 0 saturated carbocycles. The van der Waals surface area contributed by atoms with Gasteiger partial charge in [0.05, 0.1) is 12.7 Å². The predicted octanol–water partition coefficient (Wildman–Crippen LogP) is 4.04. The Balaban J connectivity index is 2.09. The second-order valence-electron chi connectivity index (χ2n) is 4.29. The van der Waals surface area contributed by atoms with Crippen molar-refractivity contribution < 1.29 is 9.47 Å². The average Bonchev–Trinajstić information content (AvgIpc) is 2.52. The van der Waals surface area contributed by atoms with E-state index in [0.29, 0.717) is 6.61 Å². The minimum Gasteiger partial charge on any atom is -0.495 e. The van der Waals surface area contributed by atoms with Crippen LogP contribution in [0.5, 0.6) is 11.5 Å². The van der Waals surface area contributed by atoms with Crippen molar-refractivity contribution in [2.75, 3.05) is 7.11 Å². The third-order valence-electron chi connectivity index (χ3n) is 2.82. The van der Waals surface area contributed by atoms with Crippen LogP contribution in [0.15, 0.2) is 48.5 Å². The summed E-state index contributed by atoms with van der Waals surface area (Å²) in [7, 11) is 1.65. The number of ether oxygens (including phenoxy) is 2. The predicted molar refractivity (Wildman–Crippen MR) is 80.9 cm³/mol. The summed E-state index contributed by atoms with van der Waals surface area (Å²) in [6.07, 6.45) is 0.829. The van der Waals surface area contributed by atoms with Crippen molar-refractivity contribution in [2.45, 2.75) is 20.0 Å². The van der Waals surface area contributed by atoms with Gasteiger partial charge < -0.3 is 9.47 Å². The van der Waals surface area contributed by atoms with Gasteiger partial charge in [-0.15, -0.1) is 0 Å². The molecule has 0 atom stereocenters. The van der Waals surface area contributed by atoms with Gasteiger partial charge in [0.2, 0.25) is 0 Å². The van der Waals surface area contributed by atoms with Crippen LogP contribution in [0.1, 0.15) is 24.5 Å². The maximum absolute atomic E-state index is 5.77. The van der Waals surface area contributed by atoms with Gasteiger partial charge in [-0.1, -0.05) is 49.1 Å². The van der Waals surface area contributed by atoms with Gasteiger partial charge in [-0.2, -0.15) is 0 Å². The Bertz CT molecular complexity index is 606. The van der Waals surface area contributed by atoms with Crippen molar-refractivity contribution in [3.05, 3.63) is 59.7 Å². The molecular weight excluding hydrogens is 248 g/mol. The van der Waals surface area contributed by atoms with Crippen LogP contribution >= 0.6 is 0 Å². The van der Waals surface area contributed by atoms with Gasteiger partial charge in [0.25, 0.3) is 0 Å². The van der Waals surface area contributed by atoms with Crippen molar-refractivity contribution in [1.82, 2.24) is 0 Å². The fourth-order valence-electron chi connectivity index (χ4n) is 1.79. The van der Waals surface area contributed by atoms with Crippen molar-refractivity contribution in [1.29, 1.82) is 0 Å². The van der Waals surface area contributed by atoms with Crippen LogP contribution < -0.4 is 9.47 Å². The lowest BCUT2D eigenvalue weighted by molar-refractivity contribution is 0.303. The number of benzene rings is 2. The van der Waals surface area contributed by atoms with Crippen LogP contribution in [-0.4, -0.2) is 7.11 Å². The average molecular weight is 266 g/mol. The zero-order chi connectivity index (χ0) is 14.2. The van der Waals surface area contributed by atoms with E-state index < -0.39 is 0 Å². The van der Waals surface area contributed by atoms with Gasteiger partial charge in [0, 0.05) is 12.5 Å². The first kappa shape index (κ1) is 14.0. The first-order valence-corrected chi connectivity index (χ1v) is 6.67. The minimum atomic E-state index is 0.546. The molecule has 0 saturated heterocycles. The van der Waals surface area contributed by atoms with Crippen LogP contribution in [0.3, 0.4) is 0 Å².